The number of hydrogen-bond donors (Lipinski definition) is 0. The first-order valence-electron chi connectivity index (χ1n) is 5.94. The van der Waals surface area contributed by atoms with Gasteiger partial charge in [-0.3, -0.25) is 4.79 Å². The maximum absolute atomic E-state index is 12.3. The largest absolute Gasteiger partial charge is 0.294 e. The van der Waals surface area contributed by atoms with Crippen LogP contribution in [-0.4, -0.2) is 15.4 Å². The van der Waals surface area contributed by atoms with E-state index in [1.165, 1.54) is 0 Å². The van der Waals surface area contributed by atoms with Crippen molar-refractivity contribution in [1.29, 1.82) is 0 Å². The minimum Gasteiger partial charge on any atom is -0.294 e. The van der Waals surface area contributed by atoms with Crippen molar-refractivity contribution in [3.8, 4) is 0 Å². The highest BCUT2D eigenvalue weighted by Gasteiger charge is 2.12. The third-order valence-corrected chi connectivity index (χ3v) is 3.53. The van der Waals surface area contributed by atoms with Gasteiger partial charge in [0.1, 0.15) is 0 Å². The highest BCUT2D eigenvalue weighted by Crippen LogP contribution is 2.15. The smallest absolute Gasteiger partial charge is 0.171 e. The van der Waals surface area contributed by atoms with E-state index in [4.69, 9.17) is 0 Å². The lowest BCUT2D eigenvalue weighted by Gasteiger charge is -2.00. The van der Waals surface area contributed by atoms with Gasteiger partial charge in [0.15, 0.2) is 5.78 Å². The molecule has 4 heteroatoms. The van der Waals surface area contributed by atoms with Crippen LogP contribution in [0.15, 0.2) is 59.3 Å². The summed E-state index contributed by atoms with van der Waals surface area (Å²) < 4.78 is 2.73. The zero-order valence-corrected chi connectivity index (χ0v) is 11.7. The topological polar surface area (TPSA) is 34.4 Å². The van der Waals surface area contributed by atoms with Crippen LogP contribution in [0.3, 0.4) is 0 Å². The highest BCUT2D eigenvalue weighted by molar-refractivity contribution is 9.10. The number of carbonyl (C=O) groups excluding carboxylic acids is 1. The fraction of sp³-hybridized carbons (Fsp3) is 0.0667. The molecule has 94 valence electrons. The van der Waals surface area contributed by atoms with Crippen molar-refractivity contribution in [3.63, 3.8) is 0 Å². The van der Waals surface area contributed by atoms with E-state index in [0.717, 1.165) is 15.6 Å². The second-order valence-electron chi connectivity index (χ2n) is 4.32. The van der Waals surface area contributed by atoms with E-state index in [9.17, 15) is 4.79 Å². The van der Waals surface area contributed by atoms with Gasteiger partial charge in [-0.05, 0) is 29.8 Å². The Bertz CT molecular complexity index is 731. The molecule has 0 amide bonds. The van der Waals surface area contributed by atoms with Gasteiger partial charge in [-0.15, -0.1) is 0 Å². The number of carbonyl (C=O) groups is 1. The fourth-order valence-electron chi connectivity index (χ4n) is 2.03. The van der Waals surface area contributed by atoms with Crippen LogP contribution in [0, 0.1) is 0 Å². The average Bonchev–Trinajstić information content (AvgIpc) is 2.85. The standard InChI is InChI=1S/C15H11BrN2O/c16-12-6-4-11(5-7-12)9-15(19)13-10-17-18-8-2-1-3-14(13)18/h1-8,10H,9H2. The van der Waals surface area contributed by atoms with Crippen molar-refractivity contribution in [1.82, 2.24) is 9.61 Å². The quantitative estimate of drug-likeness (QED) is 0.693. The van der Waals surface area contributed by atoms with E-state index in [1.54, 1.807) is 10.7 Å². The van der Waals surface area contributed by atoms with E-state index in [1.807, 2.05) is 48.7 Å². The molecule has 0 aliphatic heterocycles. The molecule has 19 heavy (non-hydrogen) atoms. The van der Waals surface area contributed by atoms with E-state index in [-0.39, 0.29) is 5.78 Å². The van der Waals surface area contributed by atoms with Crippen molar-refractivity contribution in [2.45, 2.75) is 6.42 Å². The molecule has 0 saturated heterocycles. The number of fused-ring (bicyclic) bond motifs is 1. The van der Waals surface area contributed by atoms with Crippen LogP contribution in [0.5, 0.6) is 0 Å². The molecule has 0 radical (unpaired) electrons. The van der Waals surface area contributed by atoms with Crippen LogP contribution in [0.4, 0.5) is 0 Å². The summed E-state index contributed by atoms with van der Waals surface area (Å²) in [4.78, 5) is 12.3. The Kier molecular flexibility index (Phi) is 3.17. The van der Waals surface area contributed by atoms with Crippen LogP contribution < -0.4 is 0 Å². The molecule has 2 heterocycles. The van der Waals surface area contributed by atoms with Crippen molar-refractivity contribution in [3.05, 3.63) is 70.5 Å². The van der Waals surface area contributed by atoms with Crippen molar-refractivity contribution in [2.75, 3.05) is 0 Å². The number of pyridine rings is 1. The number of nitrogens with zero attached hydrogens (tertiary/aromatic N) is 2. The molecule has 0 unspecified atom stereocenters. The Hall–Kier alpha value is -1.94. The molecular weight excluding hydrogens is 304 g/mol. The number of rotatable bonds is 3. The third-order valence-electron chi connectivity index (χ3n) is 3.00. The van der Waals surface area contributed by atoms with Crippen LogP contribution in [0.2, 0.25) is 0 Å². The number of halogens is 1. The summed E-state index contributed by atoms with van der Waals surface area (Å²) >= 11 is 3.38. The molecule has 0 fully saturated rings. The van der Waals surface area contributed by atoms with Crippen molar-refractivity contribution >= 4 is 27.2 Å². The summed E-state index contributed by atoms with van der Waals surface area (Å²) in [5.41, 5.74) is 2.52. The minimum atomic E-state index is 0.0866. The Morgan fingerprint density at radius 2 is 1.95 bits per heavy atom. The first-order valence-corrected chi connectivity index (χ1v) is 6.73. The predicted molar refractivity (Wildman–Crippen MR) is 77.4 cm³/mol. The van der Waals surface area contributed by atoms with Gasteiger partial charge in [0.05, 0.1) is 17.3 Å². The Morgan fingerprint density at radius 1 is 1.16 bits per heavy atom. The highest BCUT2D eigenvalue weighted by atomic mass is 79.9. The van der Waals surface area contributed by atoms with Crippen LogP contribution in [0.25, 0.3) is 5.52 Å². The van der Waals surface area contributed by atoms with Crippen molar-refractivity contribution < 1.29 is 4.79 Å². The zero-order valence-electron chi connectivity index (χ0n) is 10.1. The van der Waals surface area contributed by atoms with Gasteiger partial charge >= 0.3 is 0 Å². The van der Waals surface area contributed by atoms with Crippen LogP contribution >= 0.6 is 15.9 Å². The van der Waals surface area contributed by atoms with Gasteiger partial charge in [0, 0.05) is 17.1 Å². The Labute approximate surface area is 119 Å². The molecule has 0 aliphatic rings. The van der Waals surface area contributed by atoms with Gasteiger partial charge in [-0.2, -0.15) is 5.10 Å². The number of benzene rings is 1. The Morgan fingerprint density at radius 3 is 2.74 bits per heavy atom. The van der Waals surface area contributed by atoms with E-state index >= 15 is 0 Å². The SMILES string of the molecule is O=C(Cc1ccc(Br)cc1)c1cnn2ccccc12. The monoisotopic (exact) mass is 314 g/mol. The summed E-state index contributed by atoms with van der Waals surface area (Å²) in [5, 5.41) is 4.18. The van der Waals surface area contributed by atoms with E-state index in [0.29, 0.717) is 12.0 Å². The lowest BCUT2D eigenvalue weighted by Crippen LogP contribution is -2.03. The van der Waals surface area contributed by atoms with E-state index < -0.39 is 0 Å². The predicted octanol–water partition coefficient (Wildman–Crippen LogP) is 3.52. The number of Topliss-reactive ketones (excluding diaryl/α,β-unsaturated/α-hetero) is 1. The second-order valence-corrected chi connectivity index (χ2v) is 5.23. The van der Waals surface area contributed by atoms with Crippen LogP contribution in [0.1, 0.15) is 15.9 Å². The van der Waals surface area contributed by atoms with E-state index in [2.05, 4.69) is 21.0 Å². The summed E-state index contributed by atoms with van der Waals surface area (Å²) in [6.45, 7) is 0. The zero-order chi connectivity index (χ0) is 13.2. The fourth-order valence-corrected chi connectivity index (χ4v) is 2.30. The number of ketones is 1. The molecule has 0 aliphatic carbocycles. The lowest BCUT2D eigenvalue weighted by atomic mass is 10.0. The molecule has 0 atom stereocenters. The van der Waals surface area contributed by atoms with Gasteiger partial charge in [0.2, 0.25) is 0 Å². The molecule has 3 aromatic rings. The number of hydrogen-bond acceptors (Lipinski definition) is 2. The maximum atomic E-state index is 12.3. The molecule has 0 bridgehead atoms. The van der Waals surface area contributed by atoms with Gasteiger partial charge in [0.25, 0.3) is 0 Å². The molecular formula is C15H11BrN2O. The molecule has 2 aromatic heterocycles. The van der Waals surface area contributed by atoms with Crippen LogP contribution in [-0.2, 0) is 6.42 Å². The summed E-state index contributed by atoms with van der Waals surface area (Å²) in [7, 11) is 0. The van der Waals surface area contributed by atoms with Gasteiger partial charge in [-0.25, -0.2) is 4.52 Å². The maximum Gasteiger partial charge on any atom is 0.171 e. The minimum absolute atomic E-state index is 0.0866. The molecule has 1 aromatic carbocycles. The average molecular weight is 315 g/mol. The second kappa shape index (κ2) is 4.97. The first-order chi connectivity index (χ1) is 9.24. The Balaban J connectivity index is 1.90. The normalized spacial score (nSPS) is 10.8. The molecule has 0 spiro atoms. The lowest BCUT2D eigenvalue weighted by molar-refractivity contribution is 0.0994. The number of aromatic nitrogens is 2. The van der Waals surface area contributed by atoms with Gasteiger partial charge < -0.3 is 0 Å². The van der Waals surface area contributed by atoms with Gasteiger partial charge in [-0.1, -0.05) is 34.1 Å². The molecule has 0 saturated carbocycles. The third kappa shape index (κ3) is 2.44. The summed E-state index contributed by atoms with van der Waals surface area (Å²) in [6.07, 6.45) is 3.87. The molecule has 3 rings (SSSR count). The molecule has 3 nitrogen and oxygen atoms in total. The van der Waals surface area contributed by atoms with Crippen molar-refractivity contribution in [2.24, 2.45) is 0 Å². The first kappa shape index (κ1) is 12.1. The summed E-state index contributed by atoms with van der Waals surface area (Å²) in [6, 6.07) is 13.5. The summed E-state index contributed by atoms with van der Waals surface area (Å²) in [5.74, 6) is 0.0866. The molecule has 0 N–H and O–H groups in total.